The van der Waals surface area contributed by atoms with E-state index in [0.29, 0.717) is 22.5 Å². The van der Waals surface area contributed by atoms with E-state index in [1.165, 1.54) is 6.33 Å². The molecule has 0 aliphatic heterocycles. The fraction of sp³-hybridized carbons (Fsp3) is 0.0741. The Labute approximate surface area is 220 Å². The molecule has 11 heteroatoms. The molecule has 0 spiro atoms. The largest absolute Gasteiger partial charge is 0.382 e. The van der Waals surface area contributed by atoms with Crippen LogP contribution in [0.15, 0.2) is 72.0 Å². The Morgan fingerprint density at radius 2 is 1.87 bits per heavy atom. The van der Waals surface area contributed by atoms with Gasteiger partial charge in [-0.2, -0.15) is 0 Å². The number of nitrogens with two attached hydrogens (primary N) is 1. The summed E-state index contributed by atoms with van der Waals surface area (Å²) in [7, 11) is 0. The molecule has 3 heterocycles. The second kappa shape index (κ2) is 10.6. The highest BCUT2D eigenvalue weighted by Gasteiger charge is 2.17. The van der Waals surface area contributed by atoms with E-state index in [1.807, 2.05) is 0 Å². The Kier molecular flexibility index (Phi) is 6.93. The molecule has 0 saturated carbocycles. The Hall–Kier alpha value is -4.88. The van der Waals surface area contributed by atoms with Crippen molar-refractivity contribution in [2.75, 3.05) is 17.6 Å². The molecule has 3 N–H and O–H groups in total. The van der Waals surface area contributed by atoms with Gasteiger partial charge in [0.05, 0.1) is 21.6 Å². The zero-order valence-electron chi connectivity index (χ0n) is 19.6. The van der Waals surface area contributed by atoms with Crippen LogP contribution in [0.4, 0.5) is 20.4 Å². The van der Waals surface area contributed by atoms with Crippen molar-refractivity contribution in [2.24, 2.45) is 0 Å². The minimum Gasteiger partial charge on any atom is -0.382 e. The van der Waals surface area contributed by atoms with Gasteiger partial charge in [-0.1, -0.05) is 29.5 Å². The second-order valence-electron chi connectivity index (χ2n) is 8.08. The first kappa shape index (κ1) is 24.8. The molecule has 0 radical (unpaired) electrons. The van der Waals surface area contributed by atoms with Gasteiger partial charge in [0.25, 0.3) is 5.56 Å². The molecule has 38 heavy (non-hydrogen) atoms. The number of hydrogen-bond acceptors (Lipinski definition) is 7. The molecule has 188 valence electrons. The second-order valence-corrected chi connectivity index (χ2v) is 8.49. The smallest absolute Gasteiger partial charge is 0.267 e. The molecule has 5 rings (SSSR count). The molecule has 0 amide bonds. The van der Waals surface area contributed by atoms with Crippen LogP contribution in [0.2, 0.25) is 5.02 Å². The van der Waals surface area contributed by atoms with E-state index in [9.17, 15) is 13.6 Å². The number of nitrogen functional groups attached to an aromatic ring is 1. The van der Waals surface area contributed by atoms with E-state index in [1.54, 1.807) is 42.7 Å². The summed E-state index contributed by atoms with van der Waals surface area (Å²) in [5.41, 5.74) is 6.92. The third-order valence-electron chi connectivity index (χ3n) is 5.53. The molecule has 0 atom stereocenters. The summed E-state index contributed by atoms with van der Waals surface area (Å²) in [6.07, 6.45) is 4.74. The number of nitrogens with one attached hydrogen (secondary N) is 1. The number of fused-ring (bicyclic) bond motifs is 1. The number of nitrogens with zero attached hydrogens (tertiary/aromatic N) is 5. The third-order valence-corrected chi connectivity index (χ3v) is 5.85. The maximum Gasteiger partial charge on any atom is 0.267 e. The first-order valence-electron chi connectivity index (χ1n) is 11.3. The Balaban J connectivity index is 1.50. The molecule has 8 nitrogen and oxygen atoms in total. The highest BCUT2D eigenvalue weighted by Crippen LogP contribution is 2.22. The number of halogens is 3. The summed E-state index contributed by atoms with van der Waals surface area (Å²) in [4.78, 5) is 30.3. The van der Waals surface area contributed by atoms with Gasteiger partial charge in [0, 0.05) is 37.0 Å². The lowest BCUT2D eigenvalue weighted by molar-refractivity contribution is 0.580. The van der Waals surface area contributed by atoms with E-state index >= 15 is 0 Å². The van der Waals surface area contributed by atoms with Gasteiger partial charge in [-0.15, -0.1) is 0 Å². The van der Waals surface area contributed by atoms with Crippen molar-refractivity contribution in [3.8, 4) is 17.5 Å². The zero-order chi connectivity index (χ0) is 26.6. The van der Waals surface area contributed by atoms with E-state index in [2.05, 4.69) is 37.1 Å². The van der Waals surface area contributed by atoms with Crippen molar-refractivity contribution in [1.29, 1.82) is 0 Å². The van der Waals surface area contributed by atoms with E-state index in [-0.39, 0.29) is 40.7 Å². The zero-order valence-corrected chi connectivity index (χ0v) is 20.4. The monoisotopic (exact) mass is 529 g/mol. The third kappa shape index (κ3) is 5.14. The van der Waals surface area contributed by atoms with Gasteiger partial charge in [0.15, 0.2) is 0 Å². The topological polar surface area (TPSA) is 112 Å². The number of benzene rings is 2. The highest BCUT2D eigenvalue weighted by atomic mass is 35.5. The van der Waals surface area contributed by atoms with Crippen LogP contribution in [0.3, 0.4) is 0 Å². The van der Waals surface area contributed by atoms with Crippen LogP contribution < -0.4 is 16.6 Å². The predicted molar refractivity (Wildman–Crippen MR) is 141 cm³/mol. The highest BCUT2D eigenvalue weighted by molar-refractivity contribution is 6.35. The van der Waals surface area contributed by atoms with Crippen LogP contribution in [0.1, 0.15) is 17.0 Å². The quantitative estimate of drug-likeness (QED) is 0.329. The maximum absolute atomic E-state index is 14.1. The van der Waals surface area contributed by atoms with Gasteiger partial charge in [-0.3, -0.25) is 14.3 Å². The molecular formula is C27H18ClF2N7O. The Bertz CT molecular complexity index is 1760. The average Bonchev–Trinajstić information content (AvgIpc) is 2.88. The molecule has 0 fully saturated rings. The number of aromatic nitrogens is 5. The van der Waals surface area contributed by atoms with Gasteiger partial charge in [-0.25, -0.2) is 23.7 Å². The molecule has 2 aromatic carbocycles. The first-order chi connectivity index (χ1) is 18.4. The van der Waals surface area contributed by atoms with Crippen LogP contribution in [0.25, 0.3) is 16.6 Å². The van der Waals surface area contributed by atoms with Gasteiger partial charge < -0.3 is 11.1 Å². The molecule has 0 aliphatic carbocycles. The molecule has 0 saturated heterocycles. The molecule has 0 unspecified atom stereocenters. The summed E-state index contributed by atoms with van der Waals surface area (Å²) < 4.78 is 29.3. The summed E-state index contributed by atoms with van der Waals surface area (Å²) in [5.74, 6) is 5.09. The van der Waals surface area contributed by atoms with Crippen LogP contribution in [-0.4, -0.2) is 31.0 Å². The van der Waals surface area contributed by atoms with Crippen molar-refractivity contribution in [3.63, 3.8) is 0 Å². The van der Waals surface area contributed by atoms with E-state index < -0.39 is 17.2 Å². The Morgan fingerprint density at radius 3 is 2.63 bits per heavy atom. The minimum absolute atomic E-state index is 0.00822. The first-order valence-corrected chi connectivity index (χ1v) is 11.7. The SMILES string of the molecule is Nc1ncnc(NCCc2nc3cccc(Cl)c3c(=O)n2-c2cc(F)cc(F)c2)c1C#Cc1cccnc1. The van der Waals surface area contributed by atoms with Crippen LogP contribution >= 0.6 is 11.6 Å². The van der Waals surface area contributed by atoms with Crippen LogP contribution in [0, 0.1) is 23.5 Å². The summed E-state index contributed by atoms with van der Waals surface area (Å²) in [6, 6.07) is 11.3. The molecule has 0 aliphatic rings. The van der Waals surface area contributed by atoms with Crippen LogP contribution in [-0.2, 0) is 6.42 Å². The molecular weight excluding hydrogens is 512 g/mol. The lowest BCUT2D eigenvalue weighted by Crippen LogP contribution is -2.26. The number of hydrogen-bond donors (Lipinski definition) is 2. The van der Waals surface area contributed by atoms with Crippen molar-refractivity contribution in [1.82, 2.24) is 24.5 Å². The van der Waals surface area contributed by atoms with E-state index in [0.717, 1.165) is 22.8 Å². The van der Waals surface area contributed by atoms with Crippen molar-refractivity contribution < 1.29 is 8.78 Å². The molecule has 5 aromatic rings. The fourth-order valence-electron chi connectivity index (χ4n) is 3.86. The molecule has 3 aromatic heterocycles. The summed E-state index contributed by atoms with van der Waals surface area (Å²) in [6.45, 7) is 0.230. The number of anilines is 2. The normalized spacial score (nSPS) is 10.7. The predicted octanol–water partition coefficient (Wildman–Crippen LogP) is 4.14. The number of pyridine rings is 1. The summed E-state index contributed by atoms with van der Waals surface area (Å²) in [5, 5.41) is 3.47. The van der Waals surface area contributed by atoms with Crippen LogP contribution in [0.5, 0.6) is 0 Å². The van der Waals surface area contributed by atoms with Gasteiger partial charge >= 0.3 is 0 Å². The van der Waals surface area contributed by atoms with Crippen molar-refractivity contribution >= 4 is 34.1 Å². The van der Waals surface area contributed by atoms with Gasteiger partial charge in [0.2, 0.25) is 0 Å². The fourth-order valence-corrected chi connectivity index (χ4v) is 4.11. The van der Waals surface area contributed by atoms with Crippen molar-refractivity contribution in [3.05, 3.63) is 111 Å². The lowest BCUT2D eigenvalue weighted by atomic mass is 10.2. The standard InChI is InChI=1S/C27H18ClF2N7O/c28-21-4-1-5-22-24(21)27(38)37(19-12-17(29)11-18(30)13-19)23(36-22)8-10-33-26-20(25(31)34-15-35-26)7-6-16-3-2-9-32-14-16/h1-5,9,11-15H,8,10H2,(H3,31,33,34,35). The van der Waals surface area contributed by atoms with E-state index in [4.69, 9.17) is 17.3 Å². The average molecular weight is 530 g/mol. The maximum atomic E-state index is 14.1. The number of rotatable bonds is 5. The minimum atomic E-state index is -0.830. The van der Waals surface area contributed by atoms with Crippen molar-refractivity contribution in [2.45, 2.75) is 6.42 Å². The van der Waals surface area contributed by atoms with Gasteiger partial charge in [-0.05, 0) is 36.4 Å². The molecule has 0 bridgehead atoms. The summed E-state index contributed by atoms with van der Waals surface area (Å²) >= 11 is 6.27. The van der Waals surface area contributed by atoms with Gasteiger partial charge in [0.1, 0.15) is 41.0 Å². The lowest BCUT2D eigenvalue weighted by Gasteiger charge is -2.15. The Morgan fingerprint density at radius 1 is 1.05 bits per heavy atom.